The van der Waals surface area contributed by atoms with E-state index in [1.54, 1.807) is 6.07 Å². The Bertz CT molecular complexity index is 435. The Balaban J connectivity index is 3.23. The Morgan fingerprint density at radius 2 is 2.29 bits per heavy atom. The largest absolute Gasteiger partial charge is 0.236 e. The van der Waals surface area contributed by atoms with Crippen LogP contribution in [0.3, 0.4) is 0 Å². The lowest BCUT2D eigenvalue weighted by Crippen LogP contribution is -1.95. The van der Waals surface area contributed by atoms with Crippen molar-refractivity contribution < 1.29 is 9.18 Å². The van der Waals surface area contributed by atoms with Crippen molar-refractivity contribution in [3.05, 3.63) is 34.6 Å². The first-order valence-electron chi connectivity index (χ1n) is 3.60. The summed E-state index contributed by atoms with van der Waals surface area (Å²) in [7, 11) is 0. The average Bonchev–Trinajstić information content (AvgIpc) is 2.18. The van der Waals surface area contributed by atoms with Crippen molar-refractivity contribution >= 4 is 17.7 Å². The second-order valence-corrected chi connectivity index (χ2v) is 2.85. The molecule has 0 aliphatic rings. The Kier molecular flexibility index (Phi) is 3.35. The van der Waals surface area contributed by atoms with E-state index in [9.17, 15) is 9.18 Å². The number of hydrogen-bond acceptors (Lipinski definition) is 3. The fourth-order valence-corrected chi connectivity index (χ4v) is 1.13. The molecular weight excluding hydrogens is 207 g/mol. The molecule has 14 heavy (non-hydrogen) atoms. The monoisotopic (exact) mass is 210 g/mol. The van der Waals surface area contributed by atoms with Gasteiger partial charge in [-0.25, -0.2) is 9.18 Å². The highest BCUT2D eigenvalue weighted by Gasteiger charge is 2.14. The van der Waals surface area contributed by atoms with Crippen molar-refractivity contribution in [2.45, 2.75) is 6.04 Å². The molecule has 0 bridgehead atoms. The molecule has 1 aromatic rings. The molecule has 5 heteroatoms. The molecule has 70 valence electrons. The zero-order valence-corrected chi connectivity index (χ0v) is 7.62. The molecule has 0 aliphatic carbocycles. The lowest BCUT2D eigenvalue weighted by atomic mass is 10.1. The second-order valence-electron chi connectivity index (χ2n) is 2.42. The number of hydrogen-bond donors (Lipinski definition) is 0. The van der Waals surface area contributed by atoms with Gasteiger partial charge in [-0.15, -0.1) is 0 Å². The van der Waals surface area contributed by atoms with Crippen molar-refractivity contribution in [1.82, 2.24) is 0 Å². The van der Waals surface area contributed by atoms with E-state index in [0.29, 0.717) is 0 Å². The van der Waals surface area contributed by atoms with Gasteiger partial charge >= 0.3 is 0 Å². The molecule has 0 aliphatic heterocycles. The Hall–Kier alpha value is -1.69. The van der Waals surface area contributed by atoms with Crippen LogP contribution in [0.4, 0.5) is 4.39 Å². The highest BCUT2D eigenvalue weighted by Crippen LogP contribution is 2.23. The molecule has 1 rings (SSSR count). The molecule has 0 aromatic heterocycles. The van der Waals surface area contributed by atoms with Gasteiger partial charge in [0.2, 0.25) is 6.08 Å². The first kappa shape index (κ1) is 10.4. The molecule has 1 atom stereocenters. The summed E-state index contributed by atoms with van der Waals surface area (Å²) in [6.07, 6.45) is 1.21. The van der Waals surface area contributed by atoms with Gasteiger partial charge in [-0.05, 0) is 18.2 Å². The summed E-state index contributed by atoms with van der Waals surface area (Å²) >= 11 is 5.60. The first-order chi connectivity index (χ1) is 6.69. The van der Waals surface area contributed by atoms with Gasteiger partial charge in [0.05, 0.1) is 6.07 Å². The Morgan fingerprint density at radius 3 is 2.86 bits per heavy atom. The minimum absolute atomic E-state index is 0.0247. The summed E-state index contributed by atoms with van der Waals surface area (Å²) < 4.78 is 13.1. The summed E-state index contributed by atoms with van der Waals surface area (Å²) in [5.74, 6) is -0.625. The van der Waals surface area contributed by atoms with Crippen LogP contribution in [0.5, 0.6) is 0 Å². The molecule has 0 spiro atoms. The van der Waals surface area contributed by atoms with Crippen LogP contribution in [-0.4, -0.2) is 6.08 Å². The molecule has 1 aromatic carbocycles. The molecule has 0 saturated heterocycles. The molecule has 0 heterocycles. The van der Waals surface area contributed by atoms with Crippen molar-refractivity contribution in [2.24, 2.45) is 4.99 Å². The maximum atomic E-state index is 13.1. The van der Waals surface area contributed by atoms with E-state index in [4.69, 9.17) is 16.9 Å². The number of isocyanates is 1. The fraction of sp³-hybridized carbons (Fsp3) is 0.111. The highest BCUT2D eigenvalue weighted by atomic mass is 35.5. The van der Waals surface area contributed by atoms with E-state index in [2.05, 4.69) is 4.99 Å². The van der Waals surface area contributed by atoms with Gasteiger partial charge in [0, 0.05) is 10.6 Å². The maximum Gasteiger partial charge on any atom is 0.236 e. The van der Waals surface area contributed by atoms with Crippen LogP contribution < -0.4 is 0 Å². The third-order valence-electron chi connectivity index (χ3n) is 1.56. The van der Waals surface area contributed by atoms with Crippen molar-refractivity contribution in [3.8, 4) is 6.07 Å². The molecule has 0 saturated carbocycles. The van der Waals surface area contributed by atoms with E-state index in [1.165, 1.54) is 18.2 Å². The van der Waals surface area contributed by atoms with E-state index in [1.807, 2.05) is 0 Å². The Morgan fingerprint density at radius 1 is 1.57 bits per heavy atom. The van der Waals surface area contributed by atoms with Crippen molar-refractivity contribution in [2.75, 3.05) is 0 Å². The van der Waals surface area contributed by atoms with E-state index in [-0.39, 0.29) is 10.6 Å². The highest BCUT2D eigenvalue weighted by molar-refractivity contribution is 6.30. The zero-order chi connectivity index (χ0) is 10.6. The normalized spacial score (nSPS) is 11.2. The summed E-state index contributed by atoms with van der Waals surface area (Å²) in [5.41, 5.74) is -0.0247. The van der Waals surface area contributed by atoms with E-state index in [0.717, 1.165) is 6.07 Å². The molecule has 3 nitrogen and oxygen atoms in total. The summed E-state index contributed by atoms with van der Waals surface area (Å²) in [6.45, 7) is 0. The lowest BCUT2D eigenvalue weighted by Gasteiger charge is -2.03. The number of aliphatic imine (C=N–C) groups is 1. The summed E-state index contributed by atoms with van der Waals surface area (Å²) in [6, 6.07) is 4.19. The minimum Gasteiger partial charge on any atom is -0.211 e. The lowest BCUT2D eigenvalue weighted by molar-refractivity contribution is 0.559. The van der Waals surface area contributed by atoms with Crippen LogP contribution >= 0.6 is 11.6 Å². The van der Waals surface area contributed by atoms with Crippen LogP contribution in [0.25, 0.3) is 0 Å². The van der Waals surface area contributed by atoms with Crippen LogP contribution in [0, 0.1) is 17.1 Å². The van der Waals surface area contributed by atoms with Gasteiger partial charge < -0.3 is 0 Å². The van der Waals surface area contributed by atoms with Crippen molar-refractivity contribution in [1.29, 1.82) is 5.26 Å². The van der Waals surface area contributed by atoms with Gasteiger partial charge in [-0.1, -0.05) is 11.6 Å². The van der Waals surface area contributed by atoms with Crippen LogP contribution in [0.2, 0.25) is 5.02 Å². The van der Waals surface area contributed by atoms with Gasteiger partial charge in [0.1, 0.15) is 5.82 Å². The predicted octanol–water partition coefficient (Wildman–Crippen LogP) is 2.38. The van der Waals surface area contributed by atoms with E-state index >= 15 is 0 Å². The predicted molar refractivity (Wildman–Crippen MR) is 47.9 cm³/mol. The third-order valence-corrected chi connectivity index (χ3v) is 1.79. The second kappa shape index (κ2) is 4.52. The van der Waals surface area contributed by atoms with Crippen LogP contribution in [-0.2, 0) is 4.79 Å². The van der Waals surface area contributed by atoms with E-state index < -0.39 is 11.9 Å². The van der Waals surface area contributed by atoms with Gasteiger partial charge in [-0.3, -0.25) is 0 Å². The molecular formula is C9H4ClFN2O. The van der Waals surface area contributed by atoms with Gasteiger partial charge in [-0.2, -0.15) is 10.3 Å². The number of rotatable bonds is 2. The molecule has 0 N–H and O–H groups in total. The van der Waals surface area contributed by atoms with Crippen LogP contribution in [0.15, 0.2) is 23.2 Å². The first-order valence-corrected chi connectivity index (χ1v) is 3.98. The molecule has 1 unspecified atom stereocenters. The average molecular weight is 211 g/mol. The fourth-order valence-electron chi connectivity index (χ4n) is 0.945. The van der Waals surface area contributed by atoms with Crippen LogP contribution in [0.1, 0.15) is 11.6 Å². The molecule has 0 radical (unpaired) electrons. The number of carbonyl (C=O) groups excluding carboxylic acids is 1. The topological polar surface area (TPSA) is 53.2 Å². The number of nitriles is 1. The number of nitrogens with zero attached hydrogens (tertiary/aromatic N) is 2. The van der Waals surface area contributed by atoms with Gasteiger partial charge in [0.15, 0.2) is 6.04 Å². The molecule has 0 fully saturated rings. The number of halogens is 2. The standard InChI is InChI=1S/C9H4ClFN2O/c10-6-1-2-8(11)7(3-6)9(4-12)13-5-14/h1-3,9H. The summed E-state index contributed by atoms with van der Waals surface area (Å²) in [4.78, 5) is 13.1. The van der Waals surface area contributed by atoms with Crippen molar-refractivity contribution in [3.63, 3.8) is 0 Å². The number of benzene rings is 1. The summed E-state index contributed by atoms with van der Waals surface area (Å²) in [5, 5.41) is 8.87. The zero-order valence-electron chi connectivity index (χ0n) is 6.87. The minimum atomic E-state index is -1.19. The quantitative estimate of drug-likeness (QED) is 0.556. The maximum absolute atomic E-state index is 13.1. The third kappa shape index (κ3) is 2.17. The smallest absolute Gasteiger partial charge is 0.211 e. The van der Waals surface area contributed by atoms with Gasteiger partial charge in [0.25, 0.3) is 0 Å². The Labute approximate surface area is 84.4 Å². The SMILES string of the molecule is N#CC(N=C=O)c1cc(Cl)ccc1F. The molecule has 0 amide bonds.